The van der Waals surface area contributed by atoms with Gasteiger partial charge in [-0.25, -0.2) is 0 Å². The number of ether oxygens (including phenoxy) is 1. The first kappa shape index (κ1) is 15.6. The third kappa shape index (κ3) is 4.08. The fourth-order valence-corrected chi connectivity index (χ4v) is 2.38. The first-order valence-electron chi connectivity index (χ1n) is 7.53. The molecule has 0 aliphatic carbocycles. The fraction of sp³-hybridized carbons (Fsp3) is 0.368. The monoisotopic (exact) mass is 283 g/mol. The van der Waals surface area contributed by atoms with E-state index in [1.165, 1.54) is 16.7 Å². The molecule has 112 valence electrons. The lowest BCUT2D eigenvalue weighted by Gasteiger charge is -2.17. The van der Waals surface area contributed by atoms with Gasteiger partial charge in [-0.2, -0.15) is 0 Å². The quantitative estimate of drug-likeness (QED) is 0.876. The zero-order valence-corrected chi connectivity index (χ0v) is 13.4. The van der Waals surface area contributed by atoms with Crippen LogP contribution in [0.5, 0.6) is 5.75 Å². The summed E-state index contributed by atoms with van der Waals surface area (Å²) >= 11 is 0. The van der Waals surface area contributed by atoms with Gasteiger partial charge in [0, 0.05) is 0 Å². The van der Waals surface area contributed by atoms with Gasteiger partial charge in [0.1, 0.15) is 12.4 Å². The number of hydrogen-bond acceptors (Lipinski definition) is 2. The van der Waals surface area contributed by atoms with Crippen molar-refractivity contribution in [3.8, 4) is 5.75 Å². The number of hydrogen-bond donors (Lipinski definition) is 1. The van der Waals surface area contributed by atoms with Gasteiger partial charge in [-0.15, -0.1) is 0 Å². The van der Waals surface area contributed by atoms with E-state index < -0.39 is 0 Å². The molecule has 2 aromatic carbocycles. The number of aryl methyl sites for hydroxylation is 2. The molecular formula is C19H25NO. The lowest BCUT2D eigenvalue weighted by atomic mass is 10.00. The molecule has 0 bridgehead atoms. The van der Waals surface area contributed by atoms with Crippen molar-refractivity contribution in [2.24, 2.45) is 5.73 Å². The Morgan fingerprint density at radius 3 is 2.29 bits per heavy atom. The van der Waals surface area contributed by atoms with Crippen LogP contribution >= 0.6 is 0 Å². The normalized spacial score (nSPS) is 12.5. The van der Waals surface area contributed by atoms with Crippen LogP contribution in [0.3, 0.4) is 0 Å². The van der Waals surface area contributed by atoms with Crippen molar-refractivity contribution in [3.05, 3.63) is 64.7 Å². The lowest BCUT2D eigenvalue weighted by molar-refractivity contribution is 0.290. The molecule has 1 atom stereocenters. The van der Waals surface area contributed by atoms with Crippen molar-refractivity contribution in [2.75, 3.05) is 6.61 Å². The topological polar surface area (TPSA) is 35.2 Å². The standard InChI is InChI=1S/C19H25NO/c1-13(2)16-7-9-17(10-8-16)21-12-19(20)18-11-14(3)5-6-15(18)4/h5-11,13,19H,12,20H2,1-4H3. The van der Waals surface area contributed by atoms with Crippen molar-refractivity contribution in [3.63, 3.8) is 0 Å². The van der Waals surface area contributed by atoms with E-state index in [4.69, 9.17) is 10.5 Å². The zero-order chi connectivity index (χ0) is 15.4. The second kappa shape index (κ2) is 6.77. The molecule has 21 heavy (non-hydrogen) atoms. The van der Waals surface area contributed by atoms with E-state index in [1.54, 1.807) is 0 Å². The first-order chi connectivity index (χ1) is 9.97. The Morgan fingerprint density at radius 2 is 1.67 bits per heavy atom. The molecule has 1 unspecified atom stereocenters. The largest absolute Gasteiger partial charge is 0.492 e. The Labute approximate surface area is 127 Å². The second-order valence-corrected chi connectivity index (χ2v) is 6.00. The van der Waals surface area contributed by atoms with Gasteiger partial charge < -0.3 is 10.5 Å². The van der Waals surface area contributed by atoms with Gasteiger partial charge in [-0.3, -0.25) is 0 Å². The molecular weight excluding hydrogens is 258 g/mol. The van der Waals surface area contributed by atoms with Crippen LogP contribution in [0, 0.1) is 13.8 Å². The summed E-state index contributed by atoms with van der Waals surface area (Å²) in [5.74, 6) is 1.41. The predicted molar refractivity (Wildman–Crippen MR) is 88.9 cm³/mol. The van der Waals surface area contributed by atoms with Crippen LogP contribution in [0.2, 0.25) is 0 Å². The molecule has 2 nitrogen and oxygen atoms in total. The maximum Gasteiger partial charge on any atom is 0.119 e. The molecule has 0 fully saturated rings. The van der Waals surface area contributed by atoms with Gasteiger partial charge in [0.2, 0.25) is 0 Å². The minimum atomic E-state index is -0.102. The van der Waals surface area contributed by atoms with Gasteiger partial charge >= 0.3 is 0 Å². The Bertz CT molecular complexity index is 587. The van der Waals surface area contributed by atoms with Crippen molar-refractivity contribution < 1.29 is 4.74 Å². The maximum absolute atomic E-state index is 6.27. The summed E-state index contributed by atoms with van der Waals surface area (Å²) in [6.45, 7) is 9.04. The Balaban J connectivity index is 2.00. The maximum atomic E-state index is 6.27. The van der Waals surface area contributed by atoms with Gasteiger partial charge in [0.15, 0.2) is 0 Å². The van der Waals surface area contributed by atoms with Crippen molar-refractivity contribution in [1.82, 2.24) is 0 Å². The third-order valence-electron chi connectivity index (χ3n) is 3.81. The molecule has 2 N–H and O–H groups in total. The molecule has 0 aromatic heterocycles. The molecule has 0 saturated carbocycles. The molecule has 0 radical (unpaired) electrons. The van der Waals surface area contributed by atoms with E-state index in [-0.39, 0.29) is 6.04 Å². The first-order valence-corrected chi connectivity index (χ1v) is 7.53. The van der Waals surface area contributed by atoms with E-state index in [9.17, 15) is 0 Å². The summed E-state index contributed by atoms with van der Waals surface area (Å²) < 4.78 is 5.83. The average molecular weight is 283 g/mol. The molecule has 2 rings (SSSR count). The van der Waals surface area contributed by atoms with Crippen molar-refractivity contribution in [2.45, 2.75) is 39.7 Å². The predicted octanol–water partition coefficient (Wildman–Crippen LogP) is 4.51. The Kier molecular flexibility index (Phi) is 5.03. The zero-order valence-electron chi connectivity index (χ0n) is 13.4. The molecule has 0 heterocycles. The SMILES string of the molecule is Cc1ccc(C)c(C(N)COc2ccc(C(C)C)cc2)c1. The van der Waals surface area contributed by atoms with Crippen molar-refractivity contribution in [1.29, 1.82) is 0 Å². The summed E-state index contributed by atoms with van der Waals surface area (Å²) in [7, 11) is 0. The molecule has 0 spiro atoms. The van der Waals surface area contributed by atoms with E-state index in [1.807, 2.05) is 12.1 Å². The summed E-state index contributed by atoms with van der Waals surface area (Å²) in [6.07, 6.45) is 0. The minimum Gasteiger partial charge on any atom is -0.492 e. The van der Waals surface area contributed by atoms with Crippen LogP contribution in [0.15, 0.2) is 42.5 Å². The number of benzene rings is 2. The van der Waals surface area contributed by atoms with E-state index in [0.29, 0.717) is 12.5 Å². The highest BCUT2D eigenvalue weighted by molar-refractivity contribution is 5.33. The fourth-order valence-electron chi connectivity index (χ4n) is 2.38. The summed E-state index contributed by atoms with van der Waals surface area (Å²) in [5, 5.41) is 0. The third-order valence-corrected chi connectivity index (χ3v) is 3.81. The molecule has 0 amide bonds. The number of nitrogens with two attached hydrogens (primary N) is 1. The Morgan fingerprint density at radius 1 is 1.00 bits per heavy atom. The number of rotatable bonds is 5. The summed E-state index contributed by atoms with van der Waals surface area (Å²) in [4.78, 5) is 0. The smallest absolute Gasteiger partial charge is 0.119 e. The van der Waals surface area contributed by atoms with Gasteiger partial charge in [0.05, 0.1) is 6.04 Å². The molecule has 2 aromatic rings. The van der Waals surface area contributed by atoms with Crippen LogP contribution < -0.4 is 10.5 Å². The highest BCUT2D eigenvalue weighted by atomic mass is 16.5. The summed E-state index contributed by atoms with van der Waals surface area (Å²) in [6, 6.07) is 14.5. The molecule has 2 heteroatoms. The van der Waals surface area contributed by atoms with E-state index >= 15 is 0 Å². The molecule has 0 aliphatic rings. The molecule has 0 aliphatic heterocycles. The molecule has 0 saturated heterocycles. The van der Waals surface area contributed by atoms with E-state index in [2.05, 4.69) is 58.0 Å². The van der Waals surface area contributed by atoms with Gasteiger partial charge in [0.25, 0.3) is 0 Å². The highest BCUT2D eigenvalue weighted by Gasteiger charge is 2.10. The van der Waals surface area contributed by atoms with Crippen molar-refractivity contribution >= 4 is 0 Å². The lowest BCUT2D eigenvalue weighted by Crippen LogP contribution is -2.20. The average Bonchev–Trinajstić information content (AvgIpc) is 2.47. The van der Waals surface area contributed by atoms with Crippen LogP contribution in [-0.2, 0) is 0 Å². The van der Waals surface area contributed by atoms with Gasteiger partial charge in [-0.1, -0.05) is 49.7 Å². The summed E-state index contributed by atoms with van der Waals surface area (Å²) in [5.41, 5.74) is 11.2. The van der Waals surface area contributed by atoms with Crippen LogP contribution in [0.25, 0.3) is 0 Å². The van der Waals surface area contributed by atoms with Crippen LogP contribution in [0.4, 0.5) is 0 Å². The Hall–Kier alpha value is -1.80. The van der Waals surface area contributed by atoms with Crippen LogP contribution in [0.1, 0.15) is 48.1 Å². The van der Waals surface area contributed by atoms with Crippen LogP contribution in [-0.4, -0.2) is 6.61 Å². The second-order valence-electron chi connectivity index (χ2n) is 6.00. The van der Waals surface area contributed by atoms with Gasteiger partial charge in [-0.05, 0) is 48.6 Å². The van der Waals surface area contributed by atoms with E-state index in [0.717, 1.165) is 11.3 Å². The highest BCUT2D eigenvalue weighted by Crippen LogP contribution is 2.21. The minimum absolute atomic E-state index is 0.102.